The van der Waals surface area contributed by atoms with Crippen molar-refractivity contribution in [3.05, 3.63) is 75.2 Å². The molecule has 1 atom stereocenters. The SMILES string of the molecule is CCC(=O)N1CCCC(n2c(=O)c(-c3ccccc3Cl)c(C)c3cnc(Nc4ccc(N5CCNCC5)c(C)c4)nc32)C1. The Morgan fingerprint density at radius 3 is 2.65 bits per heavy atom. The summed E-state index contributed by atoms with van der Waals surface area (Å²) in [6.07, 6.45) is 3.81. The summed E-state index contributed by atoms with van der Waals surface area (Å²) in [6.45, 7) is 11.0. The molecule has 0 bridgehead atoms. The van der Waals surface area contributed by atoms with Gasteiger partial charge in [0.2, 0.25) is 11.9 Å². The van der Waals surface area contributed by atoms with E-state index in [9.17, 15) is 9.59 Å². The smallest absolute Gasteiger partial charge is 0.260 e. The Balaban J connectivity index is 1.44. The van der Waals surface area contributed by atoms with Crippen molar-refractivity contribution in [1.82, 2.24) is 24.8 Å². The average Bonchev–Trinajstić information content (AvgIpc) is 3.02. The number of piperazine rings is 1. The van der Waals surface area contributed by atoms with E-state index in [1.807, 2.05) is 43.0 Å². The van der Waals surface area contributed by atoms with E-state index in [0.717, 1.165) is 55.7 Å². The number of amides is 1. The van der Waals surface area contributed by atoms with Crippen molar-refractivity contribution < 1.29 is 4.79 Å². The van der Waals surface area contributed by atoms with Crippen molar-refractivity contribution in [2.45, 2.75) is 46.1 Å². The highest BCUT2D eigenvalue weighted by molar-refractivity contribution is 6.33. The first kappa shape index (κ1) is 29.1. The zero-order valence-corrected chi connectivity index (χ0v) is 25.7. The highest BCUT2D eigenvalue weighted by Crippen LogP contribution is 2.34. The Bertz CT molecular complexity index is 1730. The van der Waals surface area contributed by atoms with Crippen LogP contribution in [0.15, 0.2) is 53.5 Å². The summed E-state index contributed by atoms with van der Waals surface area (Å²) >= 11 is 6.62. The molecular formula is C33H38ClN7O2. The summed E-state index contributed by atoms with van der Waals surface area (Å²) < 4.78 is 1.78. The highest BCUT2D eigenvalue weighted by Gasteiger charge is 2.29. The van der Waals surface area contributed by atoms with Gasteiger partial charge in [0.25, 0.3) is 5.56 Å². The van der Waals surface area contributed by atoms with E-state index in [1.54, 1.807) is 16.8 Å². The molecule has 2 aliphatic heterocycles. The number of nitrogens with one attached hydrogen (secondary N) is 2. The molecule has 0 spiro atoms. The molecular weight excluding hydrogens is 562 g/mol. The van der Waals surface area contributed by atoms with Gasteiger partial charge in [0.05, 0.1) is 11.6 Å². The molecule has 2 N–H and O–H groups in total. The lowest BCUT2D eigenvalue weighted by Crippen LogP contribution is -2.43. The summed E-state index contributed by atoms with van der Waals surface area (Å²) in [6, 6.07) is 13.5. The Hall–Kier alpha value is -3.95. The first-order chi connectivity index (χ1) is 20.9. The fourth-order valence-electron chi connectivity index (χ4n) is 6.45. The van der Waals surface area contributed by atoms with Crippen molar-refractivity contribution >= 4 is 45.9 Å². The van der Waals surface area contributed by atoms with Gasteiger partial charge in [-0.1, -0.05) is 36.7 Å². The van der Waals surface area contributed by atoms with Crippen molar-refractivity contribution in [1.29, 1.82) is 0 Å². The second kappa shape index (κ2) is 12.3. The first-order valence-corrected chi connectivity index (χ1v) is 15.5. The predicted molar refractivity (Wildman–Crippen MR) is 174 cm³/mol. The maximum absolute atomic E-state index is 14.4. The standard InChI is InChI=1S/C33H38ClN7O2/c1-4-29(42)40-15-7-8-24(20-40)41-31-26(22(3)30(32(41)43)25-9-5-6-10-27(25)34)19-36-33(38-31)37-23-11-12-28(21(2)18-23)39-16-13-35-14-17-39/h5-6,9-12,18-19,24,35H,4,7-8,13-17,20H2,1-3H3,(H,36,37,38). The summed E-state index contributed by atoms with van der Waals surface area (Å²) in [4.78, 5) is 41.0. The number of nitrogens with zero attached hydrogens (tertiary/aromatic N) is 5. The number of aromatic nitrogens is 3. The fourth-order valence-corrected chi connectivity index (χ4v) is 6.68. The number of aryl methyl sites for hydroxylation is 2. The molecule has 0 radical (unpaired) electrons. The quantitative estimate of drug-likeness (QED) is 0.304. The number of anilines is 3. The van der Waals surface area contributed by atoms with E-state index in [-0.39, 0.29) is 17.5 Å². The largest absolute Gasteiger partial charge is 0.369 e. The highest BCUT2D eigenvalue weighted by atomic mass is 35.5. The third-order valence-corrected chi connectivity index (χ3v) is 9.01. The first-order valence-electron chi connectivity index (χ1n) is 15.1. The van der Waals surface area contributed by atoms with E-state index < -0.39 is 0 Å². The normalized spacial score (nSPS) is 17.3. The number of fused-ring (bicyclic) bond motifs is 1. The molecule has 4 heterocycles. The van der Waals surface area contributed by atoms with Crippen LogP contribution in [0.1, 0.15) is 43.4 Å². The molecule has 2 fully saturated rings. The molecule has 10 heteroatoms. The van der Waals surface area contributed by atoms with Gasteiger partial charge in [0.1, 0.15) is 5.65 Å². The molecule has 224 valence electrons. The number of halogens is 1. The lowest BCUT2D eigenvalue weighted by atomic mass is 9.98. The third-order valence-electron chi connectivity index (χ3n) is 8.68. The van der Waals surface area contributed by atoms with Gasteiger partial charge in [0, 0.05) is 79.2 Å². The van der Waals surface area contributed by atoms with E-state index >= 15 is 0 Å². The Morgan fingerprint density at radius 1 is 1.12 bits per heavy atom. The molecule has 2 saturated heterocycles. The zero-order chi connectivity index (χ0) is 30.1. The van der Waals surface area contributed by atoms with Crippen LogP contribution in [0.2, 0.25) is 5.02 Å². The third kappa shape index (κ3) is 5.71. The number of likely N-dealkylation sites (tertiary alicyclic amines) is 1. The topological polar surface area (TPSA) is 95.4 Å². The molecule has 43 heavy (non-hydrogen) atoms. The second-order valence-corrected chi connectivity index (χ2v) is 11.8. The van der Waals surface area contributed by atoms with E-state index in [4.69, 9.17) is 16.6 Å². The maximum Gasteiger partial charge on any atom is 0.260 e. The van der Waals surface area contributed by atoms with Gasteiger partial charge in [0.15, 0.2) is 0 Å². The van der Waals surface area contributed by atoms with Crippen LogP contribution in [0, 0.1) is 13.8 Å². The number of hydrogen-bond donors (Lipinski definition) is 2. The number of benzene rings is 2. The van der Waals surface area contributed by atoms with Gasteiger partial charge < -0.3 is 20.4 Å². The van der Waals surface area contributed by atoms with Crippen LogP contribution >= 0.6 is 11.6 Å². The predicted octanol–water partition coefficient (Wildman–Crippen LogP) is 5.46. The maximum atomic E-state index is 14.4. The summed E-state index contributed by atoms with van der Waals surface area (Å²) in [5, 5.41) is 8.07. The van der Waals surface area contributed by atoms with Crippen LogP contribution in [-0.2, 0) is 4.79 Å². The number of hydrogen-bond acceptors (Lipinski definition) is 7. The molecule has 1 unspecified atom stereocenters. The minimum atomic E-state index is -0.218. The number of carbonyl (C=O) groups is 1. The number of piperidine rings is 1. The van der Waals surface area contributed by atoms with Crippen molar-refractivity contribution in [3.8, 4) is 11.1 Å². The average molecular weight is 600 g/mol. The Morgan fingerprint density at radius 2 is 1.91 bits per heavy atom. The van der Waals surface area contributed by atoms with Gasteiger partial charge in [-0.3, -0.25) is 14.2 Å². The van der Waals surface area contributed by atoms with Gasteiger partial charge in [-0.25, -0.2) is 4.98 Å². The van der Waals surface area contributed by atoms with Gasteiger partial charge >= 0.3 is 0 Å². The molecule has 2 aromatic heterocycles. The molecule has 9 nitrogen and oxygen atoms in total. The number of carbonyl (C=O) groups excluding carboxylic acids is 1. The summed E-state index contributed by atoms with van der Waals surface area (Å²) in [7, 11) is 0. The van der Waals surface area contributed by atoms with E-state index in [0.29, 0.717) is 47.3 Å². The van der Waals surface area contributed by atoms with Crippen molar-refractivity contribution in [2.75, 3.05) is 49.5 Å². The van der Waals surface area contributed by atoms with E-state index in [1.165, 1.54) is 11.3 Å². The van der Waals surface area contributed by atoms with Crippen LogP contribution in [-0.4, -0.2) is 64.6 Å². The van der Waals surface area contributed by atoms with E-state index in [2.05, 4.69) is 39.6 Å². The van der Waals surface area contributed by atoms with Gasteiger partial charge in [-0.05, 0) is 62.1 Å². The van der Waals surface area contributed by atoms with Gasteiger partial charge in [-0.15, -0.1) is 0 Å². The van der Waals surface area contributed by atoms with Crippen molar-refractivity contribution in [2.24, 2.45) is 0 Å². The molecule has 0 aliphatic carbocycles. The molecule has 1 amide bonds. The molecule has 4 aromatic rings. The lowest BCUT2D eigenvalue weighted by molar-refractivity contribution is -0.132. The monoisotopic (exact) mass is 599 g/mol. The molecule has 6 rings (SSSR count). The summed E-state index contributed by atoms with van der Waals surface area (Å²) in [5.41, 5.74) is 5.69. The minimum Gasteiger partial charge on any atom is -0.369 e. The molecule has 2 aliphatic rings. The van der Waals surface area contributed by atoms with Gasteiger partial charge in [-0.2, -0.15) is 4.98 Å². The Labute approximate surface area is 256 Å². The Kier molecular flexibility index (Phi) is 8.36. The fraction of sp³-hybridized carbons (Fsp3) is 0.394. The van der Waals surface area contributed by atoms with Crippen molar-refractivity contribution in [3.63, 3.8) is 0 Å². The summed E-state index contributed by atoms with van der Waals surface area (Å²) in [5.74, 6) is 0.509. The zero-order valence-electron chi connectivity index (χ0n) is 25.0. The van der Waals surface area contributed by atoms with Crippen LogP contribution in [0.4, 0.5) is 17.3 Å². The van der Waals surface area contributed by atoms with Crippen LogP contribution in [0.3, 0.4) is 0 Å². The molecule has 2 aromatic carbocycles. The second-order valence-electron chi connectivity index (χ2n) is 11.4. The van der Waals surface area contributed by atoms with Crippen LogP contribution in [0.5, 0.6) is 0 Å². The lowest BCUT2D eigenvalue weighted by Gasteiger charge is -2.34. The van der Waals surface area contributed by atoms with Crippen LogP contribution < -0.4 is 21.1 Å². The number of pyridine rings is 1. The number of rotatable bonds is 6. The molecule has 0 saturated carbocycles. The minimum absolute atomic E-state index is 0.0945. The van der Waals surface area contributed by atoms with Crippen LogP contribution in [0.25, 0.3) is 22.2 Å².